The molecule has 2 aliphatic rings. The second-order valence-electron chi connectivity index (χ2n) is 9.43. The highest BCUT2D eigenvalue weighted by Gasteiger charge is 2.32. The first-order valence-corrected chi connectivity index (χ1v) is 12.3. The average molecular weight is 470 g/mol. The van der Waals surface area contributed by atoms with Gasteiger partial charge in [-0.15, -0.1) is 0 Å². The minimum atomic E-state index is -0.0965. The fourth-order valence-corrected chi connectivity index (χ4v) is 4.88. The highest BCUT2D eigenvalue weighted by Crippen LogP contribution is 2.20. The van der Waals surface area contributed by atoms with Crippen molar-refractivity contribution in [1.29, 1.82) is 0 Å². The summed E-state index contributed by atoms with van der Waals surface area (Å²) < 4.78 is 0. The third kappa shape index (κ3) is 5.41. The Hall–Kier alpha value is -3.58. The first-order valence-electron chi connectivity index (χ1n) is 12.3. The van der Waals surface area contributed by atoms with Gasteiger partial charge in [0.15, 0.2) is 0 Å². The normalized spacial score (nSPS) is 17.0. The Kier molecular flexibility index (Phi) is 6.86. The van der Waals surface area contributed by atoms with Crippen LogP contribution in [0, 0.1) is 6.92 Å². The number of nitrogens with one attached hydrogen (secondary N) is 1. The van der Waals surface area contributed by atoms with Crippen LogP contribution in [0.2, 0.25) is 0 Å². The van der Waals surface area contributed by atoms with Gasteiger partial charge in [0.05, 0.1) is 0 Å². The molecule has 180 valence electrons. The minimum Gasteiger partial charge on any atom is -0.336 e. The van der Waals surface area contributed by atoms with Crippen molar-refractivity contribution in [3.63, 3.8) is 0 Å². The molecule has 2 aliphatic heterocycles. The molecule has 7 heteroatoms. The molecule has 0 atom stereocenters. The van der Waals surface area contributed by atoms with Crippen LogP contribution in [0.15, 0.2) is 60.9 Å². The third-order valence-electron chi connectivity index (χ3n) is 6.92. The molecular weight excluding hydrogens is 438 g/mol. The summed E-state index contributed by atoms with van der Waals surface area (Å²) in [5, 5.41) is 3.34. The topological polar surface area (TPSA) is 78.4 Å². The number of amides is 2. The lowest BCUT2D eigenvalue weighted by Crippen LogP contribution is -2.57. The van der Waals surface area contributed by atoms with Crippen molar-refractivity contribution < 1.29 is 9.59 Å². The number of nitrogens with zero attached hydrogens (tertiary/aromatic N) is 4. The Morgan fingerprint density at radius 3 is 2.46 bits per heavy atom. The molecule has 2 fully saturated rings. The molecule has 2 amide bonds. The molecule has 5 rings (SSSR count). The maximum Gasteiger partial charge on any atom is 0.254 e. The predicted octanol–water partition coefficient (Wildman–Crippen LogP) is 3.08. The Bertz CT molecular complexity index is 1190. The summed E-state index contributed by atoms with van der Waals surface area (Å²) in [7, 11) is 0. The molecule has 3 heterocycles. The van der Waals surface area contributed by atoms with Crippen LogP contribution in [0.5, 0.6) is 0 Å². The fraction of sp³-hybridized carbons (Fsp3) is 0.357. The maximum absolute atomic E-state index is 13.2. The number of aryl methyl sites for hydroxylation is 1. The van der Waals surface area contributed by atoms with Gasteiger partial charge in [0, 0.05) is 49.1 Å². The lowest BCUT2D eigenvalue weighted by atomic mass is 10.0. The van der Waals surface area contributed by atoms with Gasteiger partial charge in [-0.2, -0.15) is 0 Å². The summed E-state index contributed by atoms with van der Waals surface area (Å²) in [4.78, 5) is 38.7. The van der Waals surface area contributed by atoms with Crippen molar-refractivity contribution in [3.05, 3.63) is 83.4 Å². The number of carbonyl (C=O) groups is 2. The summed E-state index contributed by atoms with van der Waals surface area (Å²) in [5.41, 5.74) is 4.85. The second kappa shape index (κ2) is 10.4. The van der Waals surface area contributed by atoms with E-state index in [1.165, 1.54) is 5.56 Å². The SMILES string of the molecule is Cc1ccc(-c2cnc(Cc3cccc(C(=O)N4CCN(C5CCNCC5)C(=O)C4)c3)nc2)cc1. The number of benzene rings is 2. The second-order valence-corrected chi connectivity index (χ2v) is 9.43. The van der Waals surface area contributed by atoms with Crippen LogP contribution >= 0.6 is 0 Å². The molecule has 7 nitrogen and oxygen atoms in total. The standard InChI is InChI=1S/C28H31N5O2/c1-20-5-7-22(8-6-20)24-17-30-26(31-18-24)16-21-3-2-4-23(15-21)28(35)32-13-14-33(27(34)19-32)25-9-11-29-12-10-25/h2-8,15,17-18,25,29H,9-14,16,19H2,1H3. The lowest BCUT2D eigenvalue weighted by molar-refractivity contribution is -0.138. The molecular formula is C28H31N5O2. The van der Waals surface area contributed by atoms with Crippen molar-refractivity contribution in [2.24, 2.45) is 0 Å². The van der Waals surface area contributed by atoms with E-state index in [4.69, 9.17) is 0 Å². The van der Waals surface area contributed by atoms with Gasteiger partial charge in [-0.3, -0.25) is 9.59 Å². The first kappa shape index (κ1) is 23.2. The summed E-state index contributed by atoms with van der Waals surface area (Å²) in [5.74, 6) is 0.659. The average Bonchev–Trinajstić information content (AvgIpc) is 2.90. The predicted molar refractivity (Wildman–Crippen MR) is 135 cm³/mol. The third-order valence-corrected chi connectivity index (χ3v) is 6.92. The highest BCUT2D eigenvalue weighted by atomic mass is 16.2. The Labute approximate surface area is 206 Å². The number of aromatic nitrogens is 2. The van der Waals surface area contributed by atoms with E-state index >= 15 is 0 Å². The van der Waals surface area contributed by atoms with E-state index in [1.807, 2.05) is 41.6 Å². The largest absolute Gasteiger partial charge is 0.336 e. The molecule has 35 heavy (non-hydrogen) atoms. The van der Waals surface area contributed by atoms with Gasteiger partial charge in [-0.25, -0.2) is 9.97 Å². The van der Waals surface area contributed by atoms with Gasteiger partial charge in [-0.1, -0.05) is 42.0 Å². The molecule has 1 N–H and O–H groups in total. The molecule has 0 radical (unpaired) electrons. The van der Waals surface area contributed by atoms with E-state index in [2.05, 4.69) is 46.5 Å². The number of rotatable bonds is 5. The summed E-state index contributed by atoms with van der Waals surface area (Å²) in [6.45, 7) is 5.29. The van der Waals surface area contributed by atoms with Crippen molar-refractivity contribution in [2.45, 2.75) is 32.2 Å². The van der Waals surface area contributed by atoms with Gasteiger partial charge < -0.3 is 15.1 Å². The van der Waals surface area contributed by atoms with Gasteiger partial charge in [0.25, 0.3) is 5.91 Å². The van der Waals surface area contributed by atoms with Crippen LogP contribution in [0.3, 0.4) is 0 Å². The minimum absolute atomic E-state index is 0.0507. The Balaban J connectivity index is 1.22. The zero-order valence-corrected chi connectivity index (χ0v) is 20.1. The van der Waals surface area contributed by atoms with Gasteiger partial charge in [-0.05, 0) is 56.1 Å². The monoisotopic (exact) mass is 469 g/mol. The Morgan fingerprint density at radius 2 is 1.74 bits per heavy atom. The number of carbonyl (C=O) groups excluding carboxylic acids is 2. The Morgan fingerprint density at radius 1 is 1.00 bits per heavy atom. The number of hydrogen-bond acceptors (Lipinski definition) is 5. The van der Waals surface area contributed by atoms with Crippen LogP contribution in [-0.4, -0.2) is 70.3 Å². The van der Waals surface area contributed by atoms with Crippen LogP contribution in [-0.2, 0) is 11.2 Å². The quantitative estimate of drug-likeness (QED) is 0.621. The molecule has 2 aromatic carbocycles. The van der Waals surface area contributed by atoms with Crippen LogP contribution in [0.1, 0.15) is 40.2 Å². The molecule has 3 aromatic rings. The van der Waals surface area contributed by atoms with Crippen molar-refractivity contribution in [2.75, 3.05) is 32.7 Å². The summed E-state index contributed by atoms with van der Waals surface area (Å²) in [6, 6.07) is 16.2. The molecule has 1 aromatic heterocycles. The van der Waals surface area contributed by atoms with E-state index in [0.717, 1.165) is 42.6 Å². The van der Waals surface area contributed by atoms with E-state index in [1.54, 1.807) is 4.90 Å². The summed E-state index contributed by atoms with van der Waals surface area (Å²) >= 11 is 0. The van der Waals surface area contributed by atoms with Crippen molar-refractivity contribution >= 4 is 11.8 Å². The zero-order chi connectivity index (χ0) is 24.2. The van der Waals surface area contributed by atoms with E-state index in [9.17, 15) is 9.59 Å². The van der Waals surface area contributed by atoms with Crippen molar-refractivity contribution in [1.82, 2.24) is 25.1 Å². The molecule has 0 spiro atoms. The molecule has 0 bridgehead atoms. The van der Waals surface area contributed by atoms with Gasteiger partial charge in [0.2, 0.25) is 5.91 Å². The molecule has 2 saturated heterocycles. The smallest absolute Gasteiger partial charge is 0.254 e. The van der Waals surface area contributed by atoms with Gasteiger partial charge >= 0.3 is 0 Å². The molecule has 0 unspecified atom stereocenters. The van der Waals surface area contributed by atoms with Crippen LogP contribution in [0.25, 0.3) is 11.1 Å². The molecule has 0 saturated carbocycles. The molecule has 0 aliphatic carbocycles. The van der Waals surface area contributed by atoms with Crippen LogP contribution in [0.4, 0.5) is 0 Å². The van der Waals surface area contributed by atoms with E-state index in [0.29, 0.717) is 36.9 Å². The lowest BCUT2D eigenvalue weighted by Gasteiger charge is -2.40. The van der Waals surface area contributed by atoms with E-state index in [-0.39, 0.29) is 18.4 Å². The zero-order valence-electron chi connectivity index (χ0n) is 20.1. The maximum atomic E-state index is 13.2. The number of piperazine rings is 1. The number of piperidine rings is 1. The first-order chi connectivity index (χ1) is 17.1. The van der Waals surface area contributed by atoms with E-state index < -0.39 is 0 Å². The van der Waals surface area contributed by atoms with Crippen LogP contribution < -0.4 is 5.32 Å². The number of hydrogen-bond donors (Lipinski definition) is 1. The fourth-order valence-electron chi connectivity index (χ4n) is 4.88. The highest BCUT2D eigenvalue weighted by molar-refractivity contribution is 5.97. The van der Waals surface area contributed by atoms with Gasteiger partial charge in [0.1, 0.15) is 12.4 Å². The summed E-state index contributed by atoms with van der Waals surface area (Å²) in [6.07, 6.45) is 6.19. The van der Waals surface area contributed by atoms with Crippen molar-refractivity contribution in [3.8, 4) is 11.1 Å².